The van der Waals surface area contributed by atoms with Crippen LogP contribution in [-0.4, -0.2) is 74.2 Å². The van der Waals surface area contributed by atoms with Crippen molar-refractivity contribution in [3.8, 4) is 0 Å². The summed E-state index contributed by atoms with van der Waals surface area (Å²) in [5, 5.41) is 0. The molecule has 2 heterocycles. The molecule has 4 aliphatic rings. The first-order chi connectivity index (χ1) is 31.4. The third-order valence-electron chi connectivity index (χ3n) is 16.2. The number of amides is 2. The summed E-state index contributed by atoms with van der Waals surface area (Å²) >= 11 is -5.55. The Balaban J connectivity index is 1.45. The summed E-state index contributed by atoms with van der Waals surface area (Å²) in [7, 11) is 0. The van der Waals surface area contributed by atoms with Gasteiger partial charge in [-0.3, -0.25) is 0 Å². The quantitative estimate of drug-likeness (QED) is 0.0388. The zero-order valence-electron chi connectivity index (χ0n) is 42.3. The fourth-order valence-electron chi connectivity index (χ4n) is 12.0. The Bertz CT molecular complexity index is 2310. The molecule has 6 rings (SSSR count). The van der Waals surface area contributed by atoms with Crippen LogP contribution >= 0.6 is 0 Å². The molecule has 2 unspecified atom stereocenters. The second-order valence-electron chi connectivity index (χ2n) is 21.4. The molecule has 0 aromatic heterocycles. The van der Waals surface area contributed by atoms with E-state index in [1.807, 2.05) is 83.1 Å². The van der Waals surface area contributed by atoms with E-state index < -0.39 is 61.5 Å². The first-order valence-electron chi connectivity index (χ1n) is 24.1. The number of ether oxygens (including phenoxy) is 2. The number of rotatable bonds is 22. The molecule has 11 heteroatoms. The SMILES string of the molecule is C=CCOCC1(C)CN(CCCCc2ccc(F)[c]([Ti]([C]3=C(C)C(C)=C(C)C3(C)C)([C]3=C(C)C(C)=C(C)C3(C)C)[c]3c(F)ccc(CCCCN4CC(C)(COCC=C)C4=O)c3F)c2F)C1=O. The molecule has 0 radical (unpaired) electrons. The van der Waals surface area contributed by atoms with E-state index in [0.717, 1.165) is 41.2 Å². The van der Waals surface area contributed by atoms with Gasteiger partial charge in [0.2, 0.25) is 0 Å². The van der Waals surface area contributed by atoms with Gasteiger partial charge in [0, 0.05) is 0 Å². The van der Waals surface area contributed by atoms with Crippen molar-refractivity contribution in [1.29, 1.82) is 0 Å². The predicted octanol–water partition coefficient (Wildman–Crippen LogP) is 11.4. The normalized spacial score (nSPS) is 22.7. The molecule has 0 N–H and O–H groups in total. The minimum absolute atomic E-state index is 0.0137. The van der Waals surface area contributed by atoms with E-state index in [9.17, 15) is 9.59 Å². The van der Waals surface area contributed by atoms with Crippen LogP contribution in [0, 0.1) is 44.9 Å². The van der Waals surface area contributed by atoms with Crippen LogP contribution in [0.3, 0.4) is 0 Å². The second-order valence-corrected chi connectivity index (χ2v) is 26.9. The number of likely N-dealkylation sites (tertiary alicyclic amines) is 2. The molecule has 67 heavy (non-hydrogen) atoms. The Kier molecular flexibility index (Phi) is 15.6. The van der Waals surface area contributed by atoms with Crippen LogP contribution in [0.15, 0.2) is 90.8 Å². The molecule has 2 fully saturated rings. The number of halogens is 4. The van der Waals surface area contributed by atoms with Gasteiger partial charge in [-0.15, -0.1) is 13.2 Å². The van der Waals surface area contributed by atoms with Crippen LogP contribution in [0.4, 0.5) is 17.6 Å². The average molecular weight is 963 g/mol. The standard InChI is InChI=1S/2C18H22F2NO2.2C10H15.Ti/c2*1-3-10-23-13-18(2)12-21(17(18)22)9-5-4-6-14-7-8-15(19)11-16(14)20;2*1-7-6-10(4,5)9(3)8(7)2;/h2*3,7-8H,1,4-6,9-10,12-13H2,2H3;2*1-5H3;. The first kappa shape index (κ1) is 52.5. The van der Waals surface area contributed by atoms with E-state index in [1.54, 1.807) is 22.0 Å². The van der Waals surface area contributed by atoms with E-state index in [0.29, 0.717) is 78.3 Å². The molecule has 2 atom stereocenters. The van der Waals surface area contributed by atoms with E-state index in [2.05, 4.69) is 13.2 Å². The molecule has 364 valence electrons. The van der Waals surface area contributed by atoms with Gasteiger partial charge >= 0.3 is 365 Å². The Morgan fingerprint density at radius 1 is 0.582 bits per heavy atom. The summed E-state index contributed by atoms with van der Waals surface area (Å²) in [6.45, 7) is 34.8. The Labute approximate surface area is 401 Å². The van der Waals surface area contributed by atoms with Crippen molar-refractivity contribution in [2.24, 2.45) is 21.7 Å². The molecule has 2 saturated heterocycles. The van der Waals surface area contributed by atoms with Crippen LogP contribution in [0.2, 0.25) is 0 Å². The van der Waals surface area contributed by atoms with Gasteiger partial charge in [-0.25, -0.2) is 0 Å². The van der Waals surface area contributed by atoms with Gasteiger partial charge in [0.1, 0.15) is 0 Å². The Morgan fingerprint density at radius 3 is 1.24 bits per heavy atom. The van der Waals surface area contributed by atoms with Crippen LogP contribution in [0.25, 0.3) is 0 Å². The zero-order chi connectivity index (χ0) is 49.6. The summed E-state index contributed by atoms with van der Waals surface area (Å²) in [4.78, 5) is 29.8. The monoisotopic (exact) mass is 963 g/mol. The van der Waals surface area contributed by atoms with Crippen LogP contribution in [0.5, 0.6) is 0 Å². The van der Waals surface area contributed by atoms with Crippen LogP contribution < -0.4 is 7.74 Å². The minimum atomic E-state index is -5.55. The van der Waals surface area contributed by atoms with E-state index in [4.69, 9.17) is 9.47 Å². The van der Waals surface area contributed by atoms with E-state index >= 15 is 17.6 Å². The number of carbonyl (C=O) groups excluding carboxylic acids is 2. The first-order valence-corrected chi connectivity index (χ1v) is 27.2. The van der Waals surface area contributed by atoms with Crippen molar-refractivity contribution in [3.63, 3.8) is 0 Å². The number of unbranched alkanes of at least 4 members (excludes halogenated alkanes) is 2. The molecule has 2 aliphatic heterocycles. The summed E-state index contributed by atoms with van der Waals surface area (Å²) in [5.41, 5.74) is 3.38. The zero-order valence-corrected chi connectivity index (χ0v) is 43.9. The van der Waals surface area contributed by atoms with Crippen molar-refractivity contribution >= 4 is 19.6 Å². The predicted molar refractivity (Wildman–Crippen MR) is 259 cm³/mol. The summed E-state index contributed by atoms with van der Waals surface area (Å²) in [6, 6.07) is 5.59. The topological polar surface area (TPSA) is 59.1 Å². The Hall–Kier alpha value is -3.83. The van der Waals surface area contributed by atoms with Gasteiger partial charge in [0.25, 0.3) is 0 Å². The van der Waals surface area contributed by atoms with Crippen molar-refractivity contribution in [1.82, 2.24) is 9.80 Å². The summed E-state index contributed by atoms with van der Waals surface area (Å²) < 4.78 is 84.5. The molecule has 2 aromatic rings. The number of nitrogens with zero attached hydrogens (tertiary/aromatic N) is 2. The van der Waals surface area contributed by atoms with Gasteiger partial charge in [-0.05, 0) is 0 Å². The number of carbonyl (C=O) groups is 2. The van der Waals surface area contributed by atoms with Crippen LogP contribution in [0.1, 0.15) is 120 Å². The van der Waals surface area contributed by atoms with Crippen molar-refractivity contribution in [2.75, 3.05) is 52.6 Å². The van der Waals surface area contributed by atoms with E-state index in [1.165, 1.54) is 24.3 Å². The number of hydrogen-bond donors (Lipinski definition) is 0. The fourth-order valence-corrected chi connectivity index (χ4v) is 23.1. The third kappa shape index (κ3) is 9.00. The second kappa shape index (κ2) is 19.9. The number of aryl methyl sites for hydroxylation is 2. The molecular formula is C56H74F4N2O4Ti. The van der Waals surface area contributed by atoms with Gasteiger partial charge in [0.05, 0.1) is 13.2 Å². The molecular weight excluding hydrogens is 888 g/mol. The molecule has 6 nitrogen and oxygen atoms in total. The van der Waals surface area contributed by atoms with Crippen molar-refractivity contribution < 1.29 is 53.2 Å². The maximum absolute atomic E-state index is 18.4. The molecule has 2 aromatic carbocycles. The molecule has 2 aliphatic carbocycles. The number of β-lactam (4-membered cyclic amide) rings is 2. The van der Waals surface area contributed by atoms with Gasteiger partial charge in [0.15, 0.2) is 0 Å². The van der Waals surface area contributed by atoms with Gasteiger partial charge < -0.3 is 0 Å². The third-order valence-corrected chi connectivity index (χ3v) is 25.5. The van der Waals surface area contributed by atoms with E-state index in [-0.39, 0.29) is 43.5 Å². The molecule has 2 amide bonds. The van der Waals surface area contributed by atoms with Crippen LogP contribution in [-0.2, 0) is 48.5 Å². The number of benzene rings is 2. The average Bonchev–Trinajstić information content (AvgIpc) is 3.53. The maximum atomic E-state index is 18.4. The molecule has 0 bridgehead atoms. The number of allylic oxidation sites excluding steroid dienone is 8. The Morgan fingerprint density at radius 2 is 0.940 bits per heavy atom. The molecule has 0 spiro atoms. The molecule has 0 saturated carbocycles. The number of hydrogen-bond acceptors (Lipinski definition) is 4. The van der Waals surface area contributed by atoms with Gasteiger partial charge in [-0.1, -0.05) is 12.2 Å². The van der Waals surface area contributed by atoms with Gasteiger partial charge in [-0.2, -0.15) is 0 Å². The fraction of sp³-hybridized carbons (Fsp3) is 0.536. The van der Waals surface area contributed by atoms with Crippen molar-refractivity contribution in [3.05, 3.63) is 125 Å². The summed E-state index contributed by atoms with van der Waals surface area (Å²) in [6.07, 6.45) is 6.02. The van der Waals surface area contributed by atoms with Crippen molar-refractivity contribution in [2.45, 2.75) is 122 Å². The summed E-state index contributed by atoms with van der Waals surface area (Å²) in [5.74, 6) is -3.05.